The fraction of sp³-hybridized carbons (Fsp3) is 0.0714. The first kappa shape index (κ1) is 13.3. The van der Waals surface area contributed by atoms with Gasteiger partial charge in [0.2, 0.25) is 0 Å². The van der Waals surface area contributed by atoms with Gasteiger partial charge in [-0.1, -0.05) is 17.4 Å². The van der Waals surface area contributed by atoms with Gasteiger partial charge in [-0.2, -0.15) is 0 Å². The van der Waals surface area contributed by atoms with Crippen molar-refractivity contribution in [3.8, 4) is 5.75 Å². The lowest BCUT2D eigenvalue weighted by Crippen LogP contribution is -1.92. The molecular weight excluding hydrogens is 290 g/mol. The summed E-state index contributed by atoms with van der Waals surface area (Å²) < 4.78 is 1.03. The molecular formula is C14H11N3O3S. The molecule has 0 spiro atoms. The topological polar surface area (TPSA) is 88.3 Å². The van der Waals surface area contributed by atoms with E-state index >= 15 is 0 Å². The molecule has 0 bridgehead atoms. The summed E-state index contributed by atoms with van der Waals surface area (Å²) >= 11 is 1.45. The largest absolute Gasteiger partial charge is 0.508 e. The molecule has 3 aromatic rings. The van der Waals surface area contributed by atoms with Gasteiger partial charge in [0.25, 0.3) is 5.69 Å². The Kier molecular flexibility index (Phi) is 3.19. The quantitative estimate of drug-likeness (QED) is 0.564. The Morgan fingerprint density at radius 2 is 2.10 bits per heavy atom. The number of nitrogens with one attached hydrogen (secondary N) is 1. The van der Waals surface area contributed by atoms with Gasteiger partial charge in [-0.05, 0) is 24.6 Å². The number of nitro benzene ring substituents is 1. The molecule has 0 fully saturated rings. The second kappa shape index (κ2) is 5.02. The number of benzene rings is 2. The molecule has 106 valence electrons. The molecule has 0 saturated carbocycles. The van der Waals surface area contributed by atoms with E-state index in [-0.39, 0.29) is 11.4 Å². The Morgan fingerprint density at radius 1 is 1.29 bits per heavy atom. The average Bonchev–Trinajstić information content (AvgIpc) is 2.79. The number of hydrogen-bond donors (Lipinski definition) is 2. The number of aromatic nitrogens is 1. The Balaban J connectivity index is 1.96. The molecule has 0 aliphatic carbocycles. The van der Waals surface area contributed by atoms with Gasteiger partial charge in [0.15, 0.2) is 5.13 Å². The van der Waals surface area contributed by atoms with Crippen LogP contribution in [0.4, 0.5) is 16.5 Å². The SMILES string of the molecule is Cc1ccc2nc(Nc3cc(O)cc([N+](=O)[O-])c3)sc2c1. The molecule has 0 amide bonds. The van der Waals surface area contributed by atoms with Crippen LogP contribution < -0.4 is 5.32 Å². The van der Waals surface area contributed by atoms with E-state index in [1.807, 2.05) is 25.1 Å². The van der Waals surface area contributed by atoms with Crippen LogP contribution in [-0.4, -0.2) is 15.0 Å². The molecule has 0 atom stereocenters. The average molecular weight is 301 g/mol. The molecule has 0 saturated heterocycles. The van der Waals surface area contributed by atoms with Crippen LogP contribution in [0.2, 0.25) is 0 Å². The lowest BCUT2D eigenvalue weighted by molar-refractivity contribution is -0.384. The normalized spacial score (nSPS) is 10.7. The number of anilines is 2. The number of phenolic OH excluding ortho intramolecular Hbond substituents is 1. The summed E-state index contributed by atoms with van der Waals surface area (Å²) in [6.45, 7) is 2.00. The second-order valence-electron chi connectivity index (χ2n) is 4.61. The molecule has 0 aliphatic heterocycles. The maximum Gasteiger partial charge on any atom is 0.275 e. The van der Waals surface area contributed by atoms with Gasteiger partial charge in [-0.25, -0.2) is 4.98 Å². The van der Waals surface area contributed by atoms with Gasteiger partial charge in [-0.3, -0.25) is 10.1 Å². The molecule has 0 aliphatic rings. The number of thiazole rings is 1. The standard InChI is InChI=1S/C14H11N3O3S/c1-8-2-3-12-13(4-8)21-14(16-12)15-9-5-10(17(19)20)7-11(18)6-9/h2-7,18H,1H3,(H,15,16). The zero-order valence-corrected chi connectivity index (χ0v) is 11.8. The lowest BCUT2D eigenvalue weighted by Gasteiger charge is -2.03. The van der Waals surface area contributed by atoms with E-state index in [0.717, 1.165) is 21.8 Å². The number of hydrogen-bond acceptors (Lipinski definition) is 6. The van der Waals surface area contributed by atoms with Gasteiger partial charge in [0, 0.05) is 12.1 Å². The molecule has 1 aromatic heterocycles. The highest BCUT2D eigenvalue weighted by Gasteiger charge is 2.11. The molecule has 2 aromatic carbocycles. The van der Waals surface area contributed by atoms with E-state index in [0.29, 0.717) is 10.8 Å². The van der Waals surface area contributed by atoms with Crippen molar-refractivity contribution in [3.63, 3.8) is 0 Å². The Hall–Kier alpha value is -2.67. The minimum atomic E-state index is -0.549. The summed E-state index contributed by atoms with van der Waals surface area (Å²) in [5, 5.41) is 23.9. The van der Waals surface area contributed by atoms with E-state index in [9.17, 15) is 15.2 Å². The van der Waals surface area contributed by atoms with E-state index in [2.05, 4.69) is 10.3 Å². The van der Waals surface area contributed by atoms with E-state index in [4.69, 9.17) is 0 Å². The van der Waals surface area contributed by atoms with Gasteiger partial charge in [0.05, 0.1) is 26.9 Å². The summed E-state index contributed by atoms with van der Waals surface area (Å²) in [6, 6.07) is 9.82. The monoisotopic (exact) mass is 301 g/mol. The molecule has 7 heteroatoms. The molecule has 3 rings (SSSR count). The zero-order chi connectivity index (χ0) is 15.0. The van der Waals surface area contributed by atoms with Crippen molar-refractivity contribution in [3.05, 3.63) is 52.1 Å². The number of rotatable bonds is 3. The summed E-state index contributed by atoms with van der Waals surface area (Å²) in [4.78, 5) is 14.7. The van der Waals surface area contributed by atoms with Crippen LogP contribution in [0.5, 0.6) is 5.75 Å². The van der Waals surface area contributed by atoms with Crippen LogP contribution in [0.25, 0.3) is 10.2 Å². The lowest BCUT2D eigenvalue weighted by atomic mass is 10.2. The number of nitro groups is 1. The van der Waals surface area contributed by atoms with Crippen molar-refractivity contribution in [2.24, 2.45) is 0 Å². The molecule has 2 N–H and O–H groups in total. The molecule has 21 heavy (non-hydrogen) atoms. The van der Waals surface area contributed by atoms with Crippen molar-refractivity contribution in [2.75, 3.05) is 5.32 Å². The van der Waals surface area contributed by atoms with Crippen molar-refractivity contribution < 1.29 is 10.0 Å². The van der Waals surface area contributed by atoms with E-state index in [1.165, 1.54) is 23.5 Å². The molecule has 0 unspecified atom stereocenters. The van der Waals surface area contributed by atoms with Crippen LogP contribution in [0, 0.1) is 17.0 Å². The number of aryl methyl sites for hydroxylation is 1. The van der Waals surface area contributed by atoms with Crippen LogP contribution in [0.15, 0.2) is 36.4 Å². The Morgan fingerprint density at radius 3 is 2.86 bits per heavy atom. The van der Waals surface area contributed by atoms with Crippen LogP contribution in [-0.2, 0) is 0 Å². The number of fused-ring (bicyclic) bond motifs is 1. The smallest absolute Gasteiger partial charge is 0.275 e. The third-order valence-electron chi connectivity index (χ3n) is 2.91. The van der Waals surface area contributed by atoms with Gasteiger partial charge in [0.1, 0.15) is 5.75 Å². The van der Waals surface area contributed by atoms with Crippen LogP contribution in [0.3, 0.4) is 0 Å². The third-order valence-corrected chi connectivity index (χ3v) is 3.84. The third kappa shape index (κ3) is 2.77. The summed E-state index contributed by atoms with van der Waals surface area (Å²) in [6.07, 6.45) is 0. The van der Waals surface area contributed by atoms with Crippen molar-refractivity contribution >= 4 is 38.1 Å². The fourth-order valence-electron chi connectivity index (χ4n) is 1.98. The fourth-order valence-corrected chi connectivity index (χ4v) is 2.97. The molecule has 6 nitrogen and oxygen atoms in total. The number of phenols is 1. The molecule has 0 radical (unpaired) electrons. The van der Waals surface area contributed by atoms with Crippen molar-refractivity contribution in [1.82, 2.24) is 4.98 Å². The highest BCUT2D eigenvalue weighted by Crippen LogP contribution is 2.31. The maximum absolute atomic E-state index is 10.8. The van der Waals surface area contributed by atoms with Crippen molar-refractivity contribution in [2.45, 2.75) is 6.92 Å². The molecule has 1 heterocycles. The maximum atomic E-state index is 10.8. The van der Waals surface area contributed by atoms with E-state index in [1.54, 1.807) is 0 Å². The first-order chi connectivity index (χ1) is 10.0. The number of aromatic hydroxyl groups is 1. The van der Waals surface area contributed by atoms with Crippen molar-refractivity contribution in [1.29, 1.82) is 0 Å². The van der Waals surface area contributed by atoms with Gasteiger partial charge in [-0.15, -0.1) is 0 Å². The summed E-state index contributed by atoms with van der Waals surface area (Å²) in [5.41, 5.74) is 2.26. The van der Waals surface area contributed by atoms with Crippen LogP contribution in [0.1, 0.15) is 5.56 Å². The van der Waals surface area contributed by atoms with Gasteiger partial charge < -0.3 is 10.4 Å². The van der Waals surface area contributed by atoms with E-state index < -0.39 is 4.92 Å². The Bertz CT molecular complexity index is 845. The van der Waals surface area contributed by atoms with Gasteiger partial charge >= 0.3 is 0 Å². The first-order valence-corrected chi connectivity index (χ1v) is 6.95. The Labute approximate surface area is 123 Å². The number of non-ortho nitro benzene ring substituents is 1. The summed E-state index contributed by atoms with van der Waals surface area (Å²) in [5.74, 6) is -0.163. The summed E-state index contributed by atoms with van der Waals surface area (Å²) in [7, 11) is 0. The predicted molar refractivity (Wildman–Crippen MR) is 82.4 cm³/mol. The number of nitrogens with zero attached hydrogens (tertiary/aromatic N) is 2. The first-order valence-electron chi connectivity index (χ1n) is 6.14. The zero-order valence-electron chi connectivity index (χ0n) is 11.0. The highest BCUT2D eigenvalue weighted by atomic mass is 32.1. The minimum Gasteiger partial charge on any atom is -0.508 e. The van der Waals surface area contributed by atoms with Crippen LogP contribution >= 0.6 is 11.3 Å². The highest BCUT2D eigenvalue weighted by molar-refractivity contribution is 7.22. The second-order valence-corrected chi connectivity index (χ2v) is 5.64. The predicted octanol–water partition coefficient (Wildman–Crippen LogP) is 3.96. The minimum absolute atomic E-state index is 0.163.